The van der Waals surface area contributed by atoms with Crippen molar-refractivity contribution in [1.29, 1.82) is 0 Å². The second-order valence-corrected chi connectivity index (χ2v) is 8.06. The Labute approximate surface area is 191 Å². The second kappa shape index (κ2) is 9.11. The zero-order chi connectivity index (χ0) is 22.7. The number of carbonyl (C=O) groups excluding carboxylic acids is 1. The molecule has 1 amide bonds. The summed E-state index contributed by atoms with van der Waals surface area (Å²) in [6.45, 7) is 2.04. The second-order valence-electron chi connectivity index (χ2n) is 7.15. The third-order valence-electron chi connectivity index (χ3n) is 4.88. The number of amides is 1. The minimum Gasteiger partial charge on any atom is -0.265 e. The lowest BCUT2D eigenvalue weighted by molar-refractivity contribution is -0.385. The number of hydrogen-bond acceptors (Lipinski definition) is 5. The molecule has 0 aliphatic carbocycles. The lowest BCUT2D eigenvalue weighted by Gasteiger charge is -2.04. The predicted octanol–water partition coefficient (Wildman–Crippen LogP) is 4.91. The Morgan fingerprint density at radius 1 is 1.12 bits per heavy atom. The van der Waals surface area contributed by atoms with Gasteiger partial charge in [-0.3, -0.25) is 19.6 Å². The maximum Gasteiger partial charge on any atom is 0.320 e. The zero-order valence-electron chi connectivity index (χ0n) is 17.0. The SMILES string of the molecule is C/C(=N\NC(=O)c1nn(Cc2cccc(Br)c2)cc1[N+](=O)[O-])c1ccc2ccccc2c1. The summed E-state index contributed by atoms with van der Waals surface area (Å²) in [7, 11) is 0. The van der Waals surface area contributed by atoms with Gasteiger partial charge in [-0.1, -0.05) is 64.5 Å². The van der Waals surface area contributed by atoms with Gasteiger partial charge in [-0.15, -0.1) is 0 Å². The van der Waals surface area contributed by atoms with Crippen molar-refractivity contribution in [2.45, 2.75) is 13.5 Å². The van der Waals surface area contributed by atoms with Gasteiger partial charge in [0.15, 0.2) is 0 Å². The molecule has 4 aromatic rings. The summed E-state index contributed by atoms with van der Waals surface area (Å²) in [6, 6.07) is 21.2. The van der Waals surface area contributed by atoms with E-state index < -0.39 is 10.8 Å². The Hall–Kier alpha value is -3.85. The van der Waals surface area contributed by atoms with Gasteiger partial charge in [0.25, 0.3) is 5.91 Å². The van der Waals surface area contributed by atoms with Crippen molar-refractivity contribution >= 4 is 44.0 Å². The maximum atomic E-state index is 12.6. The van der Waals surface area contributed by atoms with E-state index in [2.05, 4.69) is 31.6 Å². The van der Waals surface area contributed by atoms with Crippen LogP contribution < -0.4 is 5.43 Å². The van der Waals surface area contributed by atoms with Gasteiger partial charge in [-0.25, -0.2) is 5.43 Å². The Balaban J connectivity index is 1.55. The van der Waals surface area contributed by atoms with E-state index in [4.69, 9.17) is 0 Å². The zero-order valence-corrected chi connectivity index (χ0v) is 18.6. The van der Waals surface area contributed by atoms with E-state index in [-0.39, 0.29) is 17.9 Å². The van der Waals surface area contributed by atoms with Crippen LogP contribution in [0.2, 0.25) is 0 Å². The van der Waals surface area contributed by atoms with Crippen molar-refractivity contribution in [3.63, 3.8) is 0 Å². The maximum absolute atomic E-state index is 12.6. The first-order valence-corrected chi connectivity index (χ1v) is 10.5. The first kappa shape index (κ1) is 21.4. The van der Waals surface area contributed by atoms with Gasteiger partial charge in [0, 0.05) is 4.47 Å². The fraction of sp³-hybridized carbons (Fsp3) is 0.0870. The van der Waals surface area contributed by atoms with Crippen molar-refractivity contribution in [1.82, 2.24) is 15.2 Å². The third kappa shape index (κ3) is 4.73. The van der Waals surface area contributed by atoms with Crippen LogP contribution in [0.25, 0.3) is 10.8 Å². The summed E-state index contributed by atoms with van der Waals surface area (Å²) in [6.07, 6.45) is 1.25. The van der Waals surface area contributed by atoms with Crippen LogP contribution in [-0.2, 0) is 6.54 Å². The molecule has 160 valence electrons. The van der Waals surface area contributed by atoms with E-state index in [1.165, 1.54) is 10.9 Å². The van der Waals surface area contributed by atoms with E-state index in [1.54, 1.807) is 6.92 Å². The molecule has 9 heteroatoms. The van der Waals surface area contributed by atoms with Crippen LogP contribution in [0, 0.1) is 10.1 Å². The molecule has 0 unspecified atom stereocenters. The largest absolute Gasteiger partial charge is 0.320 e. The molecule has 0 aliphatic heterocycles. The van der Waals surface area contributed by atoms with Crippen LogP contribution in [0.15, 0.2) is 82.5 Å². The number of nitrogens with zero attached hydrogens (tertiary/aromatic N) is 4. The average molecular weight is 492 g/mol. The standard InChI is InChI=1S/C23H18BrN5O3/c1-15(18-10-9-17-6-2-3-7-19(17)12-18)25-26-23(30)22-21(29(31)32)14-28(27-22)13-16-5-4-8-20(24)11-16/h2-12,14H,13H2,1H3,(H,26,30)/b25-15+. The van der Waals surface area contributed by atoms with Crippen molar-refractivity contribution in [3.8, 4) is 0 Å². The summed E-state index contributed by atoms with van der Waals surface area (Å²) < 4.78 is 2.25. The number of hydrazone groups is 1. The molecule has 0 saturated carbocycles. The lowest BCUT2D eigenvalue weighted by atomic mass is 10.0. The molecule has 1 N–H and O–H groups in total. The molecule has 32 heavy (non-hydrogen) atoms. The van der Waals surface area contributed by atoms with Gasteiger partial charge in [0.05, 0.1) is 17.2 Å². The number of carbonyl (C=O) groups is 1. The lowest BCUT2D eigenvalue weighted by Crippen LogP contribution is -2.21. The molecule has 0 radical (unpaired) electrons. The summed E-state index contributed by atoms with van der Waals surface area (Å²) in [5, 5.41) is 21.9. The molecule has 0 aliphatic rings. The molecule has 4 rings (SSSR count). The highest BCUT2D eigenvalue weighted by Gasteiger charge is 2.25. The molecule has 0 spiro atoms. The Morgan fingerprint density at radius 3 is 2.66 bits per heavy atom. The fourth-order valence-corrected chi connectivity index (χ4v) is 3.72. The molecule has 0 bridgehead atoms. The van der Waals surface area contributed by atoms with Crippen molar-refractivity contribution in [2.75, 3.05) is 0 Å². The van der Waals surface area contributed by atoms with E-state index >= 15 is 0 Å². The number of nitrogens with one attached hydrogen (secondary N) is 1. The minimum absolute atomic E-state index is 0.285. The van der Waals surface area contributed by atoms with Gasteiger partial charge in [-0.2, -0.15) is 10.2 Å². The third-order valence-corrected chi connectivity index (χ3v) is 5.37. The number of hydrogen-bond donors (Lipinski definition) is 1. The van der Waals surface area contributed by atoms with Crippen molar-refractivity contribution in [3.05, 3.63) is 104 Å². The molecular formula is C23H18BrN5O3. The van der Waals surface area contributed by atoms with Crippen molar-refractivity contribution in [2.24, 2.45) is 5.10 Å². The van der Waals surface area contributed by atoms with E-state index in [9.17, 15) is 14.9 Å². The summed E-state index contributed by atoms with van der Waals surface area (Å²) in [5.41, 5.74) is 4.00. The Bertz CT molecular complexity index is 1360. The number of rotatable bonds is 6. The molecule has 0 fully saturated rings. The number of fused-ring (bicyclic) bond motifs is 1. The van der Waals surface area contributed by atoms with Crippen LogP contribution in [0.5, 0.6) is 0 Å². The highest BCUT2D eigenvalue weighted by molar-refractivity contribution is 9.10. The van der Waals surface area contributed by atoms with Gasteiger partial charge in [-0.05, 0) is 47.0 Å². The molecular weight excluding hydrogens is 474 g/mol. The van der Waals surface area contributed by atoms with Crippen LogP contribution in [0.3, 0.4) is 0 Å². The topological polar surface area (TPSA) is 102 Å². The highest BCUT2D eigenvalue weighted by atomic mass is 79.9. The van der Waals surface area contributed by atoms with E-state index in [0.29, 0.717) is 5.71 Å². The van der Waals surface area contributed by atoms with E-state index in [0.717, 1.165) is 26.4 Å². The number of nitro groups is 1. The monoisotopic (exact) mass is 491 g/mol. The smallest absolute Gasteiger partial charge is 0.265 e. The van der Waals surface area contributed by atoms with Crippen molar-refractivity contribution < 1.29 is 9.72 Å². The summed E-state index contributed by atoms with van der Waals surface area (Å²) in [4.78, 5) is 23.5. The van der Waals surface area contributed by atoms with E-state index in [1.807, 2.05) is 66.7 Å². The molecule has 1 heterocycles. The molecule has 3 aromatic carbocycles. The van der Waals surface area contributed by atoms with Gasteiger partial charge < -0.3 is 0 Å². The number of benzene rings is 3. The number of halogens is 1. The van der Waals surface area contributed by atoms with Gasteiger partial charge in [0.1, 0.15) is 6.20 Å². The fourth-order valence-electron chi connectivity index (χ4n) is 3.28. The van der Waals surface area contributed by atoms with Gasteiger partial charge >= 0.3 is 5.69 Å². The van der Waals surface area contributed by atoms with Crippen LogP contribution in [0.4, 0.5) is 5.69 Å². The number of aromatic nitrogens is 2. The van der Waals surface area contributed by atoms with Crippen LogP contribution in [0.1, 0.15) is 28.5 Å². The average Bonchev–Trinajstić information content (AvgIpc) is 3.21. The van der Waals surface area contributed by atoms with Crippen LogP contribution >= 0.6 is 15.9 Å². The molecule has 8 nitrogen and oxygen atoms in total. The summed E-state index contributed by atoms with van der Waals surface area (Å²) >= 11 is 3.39. The Morgan fingerprint density at radius 2 is 1.91 bits per heavy atom. The quantitative estimate of drug-likeness (QED) is 0.235. The summed E-state index contributed by atoms with van der Waals surface area (Å²) in [5.74, 6) is -0.746. The predicted molar refractivity (Wildman–Crippen MR) is 126 cm³/mol. The molecule has 0 atom stereocenters. The molecule has 1 aromatic heterocycles. The minimum atomic E-state index is -0.746. The first-order chi connectivity index (χ1) is 15.4. The highest BCUT2D eigenvalue weighted by Crippen LogP contribution is 2.19. The first-order valence-electron chi connectivity index (χ1n) is 9.71. The van der Waals surface area contributed by atoms with Gasteiger partial charge in [0.2, 0.25) is 5.69 Å². The Kier molecular flexibility index (Phi) is 6.09. The molecule has 0 saturated heterocycles. The normalized spacial score (nSPS) is 11.5. The van der Waals surface area contributed by atoms with Crippen LogP contribution in [-0.4, -0.2) is 26.3 Å².